The maximum Gasteiger partial charge on any atom is 0.311 e. The lowest BCUT2D eigenvalue weighted by Crippen LogP contribution is -2.40. The minimum absolute atomic E-state index is 0.152. The predicted molar refractivity (Wildman–Crippen MR) is 53.4 cm³/mol. The summed E-state index contributed by atoms with van der Waals surface area (Å²) in [5, 5.41) is 8.77. The van der Waals surface area contributed by atoms with Crippen molar-refractivity contribution >= 4 is 5.97 Å². The van der Waals surface area contributed by atoms with Crippen molar-refractivity contribution in [1.29, 1.82) is 0 Å². The Morgan fingerprint density at radius 3 is 2.20 bits per heavy atom. The molecule has 1 aliphatic carbocycles. The van der Waals surface area contributed by atoms with Crippen LogP contribution in [-0.4, -0.2) is 30.6 Å². The third-order valence-corrected chi connectivity index (χ3v) is 3.31. The third kappa shape index (κ3) is 2.69. The van der Waals surface area contributed by atoms with Crippen LogP contribution in [-0.2, 0) is 14.3 Å². The van der Waals surface area contributed by atoms with E-state index in [4.69, 9.17) is 14.6 Å². The predicted octanol–water partition coefficient (Wildman–Crippen LogP) is 1.64. The number of hydrogen-bond donors (Lipinski definition) is 1. The zero-order valence-corrected chi connectivity index (χ0v) is 8.85. The molecule has 86 valence electrons. The lowest BCUT2D eigenvalue weighted by atomic mass is 9.88. The molecule has 2 rings (SSSR count). The fourth-order valence-electron chi connectivity index (χ4n) is 2.34. The Balaban J connectivity index is 1.79. The van der Waals surface area contributed by atoms with Gasteiger partial charge in [-0.1, -0.05) is 19.3 Å². The van der Waals surface area contributed by atoms with Gasteiger partial charge in [-0.05, 0) is 12.8 Å². The summed E-state index contributed by atoms with van der Waals surface area (Å²) in [7, 11) is 0. The van der Waals surface area contributed by atoms with E-state index in [1.807, 2.05) is 0 Å². The van der Waals surface area contributed by atoms with Crippen LogP contribution in [0.4, 0.5) is 0 Å². The molecule has 1 saturated carbocycles. The van der Waals surface area contributed by atoms with Crippen molar-refractivity contribution in [1.82, 2.24) is 0 Å². The smallest absolute Gasteiger partial charge is 0.311 e. The number of aliphatic carboxylic acids is 1. The Kier molecular flexibility index (Phi) is 3.59. The topological polar surface area (TPSA) is 55.8 Å². The summed E-state index contributed by atoms with van der Waals surface area (Å²) in [5.74, 6) is -0.824. The van der Waals surface area contributed by atoms with Crippen molar-refractivity contribution in [2.45, 2.75) is 38.4 Å². The highest BCUT2D eigenvalue weighted by molar-refractivity contribution is 5.70. The molecular weight excluding hydrogens is 196 g/mol. The van der Waals surface area contributed by atoms with E-state index in [9.17, 15) is 4.79 Å². The number of carboxylic acids is 1. The van der Waals surface area contributed by atoms with Gasteiger partial charge in [0.2, 0.25) is 0 Å². The summed E-state index contributed by atoms with van der Waals surface area (Å²) in [6, 6.07) is 0. The molecule has 2 aliphatic rings. The molecule has 2 fully saturated rings. The maximum atomic E-state index is 10.7. The first-order chi connectivity index (χ1) is 7.27. The molecule has 4 nitrogen and oxygen atoms in total. The molecule has 0 aromatic carbocycles. The molecule has 0 radical (unpaired) electrons. The van der Waals surface area contributed by atoms with Crippen molar-refractivity contribution in [2.75, 3.05) is 13.2 Å². The molecule has 15 heavy (non-hydrogen) atoms. The lowest BCUT2D eigenvalue weighted by molar-refractivity contribution is -0.230. The standard InChI is InChI=1S/C11H18O4/c12-10(13)9-6-14-11(15-7-9)8-4-2-1-3-5-8/h8-9,11H,1-7H2,(H,12,13). The SMILES string of the molecule is O=C(O)C1COC(C2CCCCC2)OC1. The molecule has 0 aromatic heterocycles. The van der Waals surface area contributed by atoms with E-state index in [1.165, 1.54) is 19.3 Å². The summed E-state index contributed by atoms with van der Waals surface area (Å²) in [4.78, 5) is 10.7. The molecule has 4 heteroatoms. The molecule has 1 saturated heterocycles. The average Bonchev–Trinajstić information content (AvgIpc) is 2.30. The molecule has 1 heterocycles. The number of carboxylic acid groups (broad SMARTS) is 1. The van der Waals surface area contributed by atoms with Crippen LogP contribution in [0.1, 0.15) is 32.1 Å². The second kappa shape index (κ2) is 4.94. The molecule has 1 N–H and O–H groups in total. The number of hydrogen-bond acceptors (Lipinski definition) is 3. The van der Waals surface area contributed by atoms with Gasteiger partial charge in [0, 0.05) is 5.92 Å². The van der Waals surface area contributed by atoms with E-state index in [1.54, 1.807) is 0 Å². The van der Waals surface area contributed by atoms with Crippen LogP contribution in [0.5, 0.6) is 0 Å². The molecule has 0 aromatic rings. The monoisotopic (exact) mass is 214 g/mol. The van der Waals surface area contributed by atoms with Gasteiger partial charge in [0.1, 0.15) is 5.92 Å². The Hall–Kier alpha value is -0.610. The van der Waals surface area contributed by atoms with Crippen molar-refractivity contribution in [3.8, 4) is 0 Å². The molecule has 0 unspecified atom stereocenters. The first-order valence-corrected chi connectivity index (χ1v) is 5.73. The minimum Gasteiger partial charge on any atom is -0.481 e. The number of ether oxygens (including phenoxy) is 2. The summed E-state index contributed by atoms with van der Waals surface area (Å²) in [5.41, 5.74) is 0. The van der Waals surface area contributed by atoms with Gasteiger partial charge in [-0.3, -0.25) is 4.79 Å². The molecular formula is C11H18O4. The maximum absolute atomic E-state index is 10.7. The van der Waals surface area contributed by atoms with E-state index >= 15 is 0 Å². The van der Waals surface area contributed by atoms with Crippen LogP contribution in [0.2, 0.25) is 0 Å². The Morgan fingerprint density at radius 2 is 1.67 bits per heavy atom. The molecule has 0 spiro atoms. The molecule has 1 aliphatic heterocycles. The second-order valence-electron chi connectivity index (χ2n) is 4.47. The fraction of sp³-hybridized carbons (Fsp3) is 0.909. The van der Waals surface area contributed by atoms with Crippen LogP contribution in [0.15, 0.2) is 0 Å². The van der Waals surface area contributed by atoms with E-state index < -0.39 is 11.9 Å². The first kappa shape index (κ1) is 10.9. The van der Waals surface area contributed by atoms with E-state index in [2.05, 4.69) is 0 Å². The quantitative estimate of drug-likeness (QED) is 0.759. The van der Waals surface area contributed by atoms with E-state index in [-0.39, 0.29) is 6.29 Å². The normalized spacial score (nSPS) is 33.9. The number of rotatable bonds is 2. The van der Waals surface area contributed by atoms with E-state index in [0.717, 1.165) is 12.8 Å². The summed E-state index contributed by atoms with van der Waals surface area (Å²) >= 11 is 0. The van der Waals surface area contributed by atoms with Crippen molar-refractivity contribution < 1.29 is 19.4 Å². The largest absolute Gasteiger partial charge is 0.481 e. The van der Waals surface area contributed by atoms with Gasteiger partial charge in [0.05, 0.1) is 13.2 Å². The van der Waals surface area contributed by atoms with Gasteiger partial charge in [-0.2, -0.15) is 0 Å². The van der Waals surface area contributed by atoms with E-state index in [0.29, 0.717) is 19.1 Å². The fourth-order valence-corrected chi connectivity index (χ4v) is 2.34. The third-order valence-electron chi connectivity index (χ3n) is 3.31. The Labute approximate surface area is 89.6 Å². The average molecular weight is 214 g/mol. The van der Waals surface area contributed by atoms with Crippen LogP contribution in [0.25, 0.3) is 0 Å². The van der Waals surface area contributed by atoms with Crippen LogP contribution in [0.3, 0.4) is 0 Å². The molecule has 0 atom stereocenters. The number of carbonyl (C=O) groups is 1. The van der Waals surface area contributed by atoms with Gasteiger partial charge in [0.25, 0.3) is 0 Å². The molecule has 0 bridgehead atoms. The van der Waals surface area contributed by atoms with Gasteiger partial charge in [-0.15, -0.1) is 0 Å². The first-order valence-electron chi connectivity index (χ1n) is 5.73. The lowest BCUT2D eigenvalue weighted by Gasteiger charge is -2.34. The summed E-state index contributed by atoms with van der Waals surface area (Å²) in [6.07, 6.45) is 5.96. The van der Waals surface area contributed by atoms with Gasteiger partial charge >= 0.3 is 5.97 Å². The van der Waals surface area contributed by atoms with Crippen molar-refractivity contribution in [3.63, 3.8) is 0 Å². The van der Waals surface area contributed by atoms with Crippen LogP contribution >= 0.6 is 0 Å². The van der Waals surface area contributed by atoms with Crippen molar-refractivity contribution in [3.05, 3.63) is 0 Å². The van der Waals surface area contributed by atoms with Gasteiger partial charge in [-0.25, -0.2) is 0 Å². The summed E-state index contributed by atoms with van der Waals surface area (Å²) < 4.78 is 11.0. The summed E-state index contributed by atoms with van der Waals surface area (Å²) in [6.45, 7) is 0.604. The van der Waals surface area contributed by atoms with Crippen LogP contribution < -0.4 is 0 Å². The van der Waals surface area contributed by atoms with Crippen molar-refractivity contribution in [2.24, 2.45) is 11.8 Å². The zero-order chi connectivity index (χ0) is 10.7. The highest BCUT2D eigenvalue weighted by Crippen LogP contribution is 2.30. The molecule has 0 amide bonds. The van der Waals surface area contributed by atoms with Gasteiger partial charge in [0.15, 0.2) is 6.29 Å². The highest BCUT2D eigenvalue weighted by atomic mass is 16.7. The Morgan fingerprint density at radius 1 is 1.07 bits per heavy atom. The van der Waals surface area contributed by atoms with Crippen LogP contribution in [0, 0.1) is 11.8 Å². The zero-order valence-electron chi connectivity index (χ0n) is 8.85. The highest BCUT2D eigenvalue weighted by Gasteiger charge is 2.32. The second-order valence-corrected chi connectivity index (χ2v) is 4.47. The minimum atomic E-state index is -0.822. The van der Waals surface area contributed by atoms with Gasteiger partial charge < -0.3 is 14.6 Å². The Bertz CT molecular complexity index is 215.